The summed E-state index contributed by atoms with van der Waals surface area (Å²) in [4.78, 5) is 27.0. The van der Waals surface area contributed by atoms with E-state index in [9.17, 15) is 9.59 Å². The molecule has 2 aromatic rings. The van der Waals surface area contributed by atoms with Gasteiger partial charge in [0.1, 0.15) is 0 Å². The van der Waals surface area contributed by atoms with E-state index in [2.05, 4.69) is 43.9 Å². The highest BCUT2D eigenvalue weighted by Gasteiger charge is 2.14. The summed E-state index contributed by atoms with van der Waals surface area (Å²) in [6, 6.07) is 10.9. The third kappa shape index (κ3) is 11.1. The van der Waals surface area contributed by atoms with Gasteiger partial charge in [-0.15, -0.1) is 0 Å². The number of halogens is 1. The molecule has 1 heterocycles. The maximum atomic E-state index is 12.5. The summed E-state index contributed by atoms with van der Waals surface area (Å²) >= 11 is 5.92. The van der Waals surface area contributed by atoms with Crippen LogP contribution in [0.2, 0.25) is 5.02 Å². The first-order chi connectivity index (χ1) is 18.8. The molecule has 3 rings (SSSR count). The highest BCUT2D eigenvalue weighted by Crippen LogP contribution is 2.18. The first-order valence-corrected chi connectivity index (χ1v) is 14.4. The van der Waals surface area contributed by atoms with Crippen LogP contribution in [-0.4, -0.2) is 63.7 Å². The molecule has 2 aromatic carbocycles. The molecule has 0 spiro atoms. The summed E-state index contributed by atoms with van der Waals surface area (Å²) in [5.41, 5.74) is 2.45. The lowest BCUT2D eigenvalue weighted by atomic mass is 9.94. The van der Waals surface area contributed by atoms with Gasteiger partial charge in [0.15, 0.2) is 5.78 Å². The minimum absolute atomic E-state index is 0.0710. The maximum Gasteiger partial charge on any atom is 0.251 e. The van der Waals surface area contributed by atoms with Crippen molar-refractivity contribution in [2.75, 3.05) is 47.1 Å². The first-order valence-electron chi connectivity index (χ1n) is 14.0. The number of hydrogen-bond donors (Lipinski definition) is 1. The van der Waals surface area contributed by atoms with Crippen molar-refractivity contribution >= 4 is 36.1 Å². The van der Waals surface area contributed by atoms with Crippen LogP contribution in [0, 0.1) is 5.92 Å². The normalized spacial score (nSPS) is 14.2. The monoisotopic (exact) mass is 556 g/mol. The van der Waals surface area contributed by atoms with E-state index in [4.69, 9.17) is 21.1 Å². The summed E-state index contributed by atoms with van der Waals surface area (Å²) in [5, 5.41) is 5.32. The van der Waals surface area contributed by atoms with Crippen LogP contribution in [0.15, 0.2) is 36.4 Å². The fraction of sp³-hybridized carbons (Fsp3) is 0.500. The molecule has 0 aliphatic carbocycles. The lowest BCUT2D eigenvalue weighted by Crippen LogP contribution is -2.35. The average Bonchev–Trinajstić information content (AvgIpc) is 2.95. The van der Waals surface area contributed by atoms with Gasteiger partial charge in [-0.1, -0.05) is 44.5 Å². The summed E-state index contributed by atoms with van der Waals surface area (Å²) in [7, 11) is 3.73. The van der Waals surface area contributed by atoms with E-state index in [-0.39, 0.29) is 11.7 Å². The van der Waals surface area contributed by atoms with E-state index < -0.39 is 0 Å². The Kier molecular flexibility index (Phi) is 14.9. The van der Waals surface area contributed by atoms with Crippen LogP contribution in [0.5, 0.6) is 0 Å². The van der Waals surface area contributed by atoms with Gasteiger partial charge in [-0.3, -0.25) is 9.59 Å². The van der Waals surface area contributed by atoms with Crippen molar-refractivity contribution in [2.45, 2.75) is 52.4 Å². The van der Waals surface area contributed by atoms with Gasteiger partial charge in [-0.2, -0.15) is 0 Å². The van der Waals surface area contributed by atoms with E-state index in [0.717, 1.165) is 86.6 Å². The van der Waals surface area contributed by atoms with Gasteiger partial charge in [-0.25, -0.2) is 0 Å². The Morgan fingerprint density at radius 2 is 1.69 bits per heavy atom. The van der Waals surface area contributed by atoms with E-state index in [0.29, 0.717) is 22.9 Å². The van der Waals surface area contributed by atoms with E-state index in [1.165, 1.54) is 0 Å². The third-order valence-electron chi connectivity index (χ3n) is 6.79. The third-order valence-corrected chi connectivity index (χ3v) is 7.04. The minimum Gasteiger partial charge on any atom is -0.380 e. The second-order valence-electron chi connectivity index (χ2n) is 9.87. The van der Waals surface area contributed by atoms with E-state index in [1.54, 1.807) is 31.3 Å². The molecule has 1 amide bonds. The predicted octanol–water partition coefficient (Wildman–Crippen LogP) is 4.84. The lowest BCUT2D eigenvalue weighted by molar-refractivity contribution is -0.0334. The second-order valence-corrected chi connectivity index (χ2v) is 10.3. The van der Waals surface area contributed by atoms with Crippen LogP contribution in [0.1, 0.15) is 72.2 Å². The Bertz CT molecular complexity index is 1130. The molecule has 1 N–H and O–H groups in total. The van der Waals surface area contributed by atoms with E-state index >= 15 is 0 Å². The average molecular weight is 557 g/mol. The Balaban J connectivity index is 0.000000780. The molecule has 7 heteroatoms. The van der Waals surface area contributed by atoms with Crippen LogP contribution in [-0.2, 0) is 15.9 Å². The van der Waals surface area contributed by atoms with Crippen LogP contribution >= 0.6 is 11.6 Å². The smallest absolute Gasteiger partial charge is 0.251 e. The number of hydrogen-bond acceptors (Lipinski definition) is 5. The van der Waals surface area contributed by atoms with Crippen molar-refractivity contribution in [1.29, 1.82) is 0 Å². The van der Waals surface area contributed by atoms with Crippen LogP contribution in [0.4, 0.5) is 0 Å². The Hall–Kier alpha value is -2.67. The zero-order valence-corrected chi connectivity index (χ0v) is 24.8. The zero-order valence-electron chi connectivity index (χ0n) is 24.1. The van der Waals surface area contributed by atoms with Gasteiger partial charge < -0.3 is 19.7 Å². The number of nitrogens with zero attached hydrogens (tertiary/aromatic N) is 1. The number of Topliss-reactive ketones (excluding diaryl/α,β-unsaturated/α-hetero) is 1. The summed E-state index contributed by atoms with van der Waals surface area (Å²) in [5.74, 6) is 0.593. The molecular formula is C32H45ClN2O4. The van der Waals surface area contributed by atoms with Crippen molar-refractivity contribution in [3.8, 4) is 0 Å². The summed E-state index contributed by atoms with van der Waals surface area (Å²) in [6.07, 6.45) is 7.52. The number of ketones is 1. The molecule has 1 fully saturated rings. The Morgan fingerprint density at radius 1 is 1.05 bits per heavy atom. The molecule has 1 atom stereocenters. The van der Waals surface area contributed by atoms with Gasteiger partial charge in [0.2, 0.25) is 0 Å². The quantitative estimate of drug-likeness (QED) is 0.379. The molecule has 39 heavy (non-hydrogen) atoms. The molecule has 1 saturated heterocycles. The fourth-order valence-corrected chi connectivity index (χ4v) is 4.92. The highest BCUT2D eigenvalue weighted by molar-refractivity contribution is 6.30. The number of benzene rings is 2. The number of amides is 1. The van der Waals surface area contributed by atoms with Crippen molar-refractivity contribution in [3.05, 3.63) is 68.5 Å². The lowest BCUT2D eigenvalue weighted by Gasteiger charge is -2.23. The zero-order chi connectivity index (χ0) is 28.6. The van der Waals surface area contributed by atoms with Gasteiger partial charge in [0.25, 0.3) is 5.91 Å². The Morgan fingerprint density at radius 3 is 2.23 bits per heavy atom. The number of carbonyl (C=O) groups excluding carboxylic acids is 2. The SMILES string of the molecule is C1COCCO1.C=c1ccc(C(=O)NC)c(CC)/c1=C/N(C)CC(CCC)CCCC(=O)c1ccc(Cl)cc1. The van der Waals surface area contributed by atoms with Crippen LogP contribution in [0.25, 0.3) is 12.8 Å². The van der Waals surface area contributed by atoms with Crippen molar-refractivity contribution in [3.63, 3.8) is 0 Å². The summed E-state index contributed by atoms with van der Waals surface area (Å²) in [6.45, 7) is 12.5. The molecular weight excluding hydrogens is 512 g/mol. The van der Waals surface area contributed by atoms with Crippen molar-refractivity contribution in [1.82, 2.24) is 10.2 Å². The van der Waals surface area contributed by atoms with Crippen LogP contribution in [0.3, 0.4) is 0 Å². The number of nitrogens with one attached hydrogen (secondary N) is 1. The molecule has 0 radical (unpaired) electrons. The molecule has 6 nitrogen and oxygen atoms in total. The van der Waals surface area contributed by atoms with Gasteiger partial charge in [0, 0.05) is 54.6 Å². The fourth-order valence-electron chi connectivity index (χ4n) is 4.79. The number of ether oxygens (including phenoxy) is 2. The van der Waals surface area contributed by atoms with Crippen molar-refractivity contribution in [2.24, 2.45) is 5.92 Å². The largest absolute Gasteiger partial charge is 0.380 e. The van der Waals surface area contributed by atoms with Crippen molar-refractivity contribution < 1.29 is 19.1 Å². The first kappa shape index (κ1) is 32.5. The van der Waals surface area contributed by atoms with E-state index in [1.807, 2.05) is 12.1 Å². The molecule has 0 aromatic heterocycles. The molecule has 1 unspecified atom stereocenters. The molecule has 214 valence electrons. The number of carbonyl (C=O) groups is 2. The molecule has 1 aliphatic rings. The summed E-state index contributed by atoms with van der Waals surface area (Å²) < 4.78 is 9.89. The molecule has 0 saturated carbocycles. The van der Waals surface area contributed by atoms with Gasteiger partial charge in [0.05, 0.1) is 26.4 Å². The second kappa shape index (κ2) is 17.8. The number of rotatable bonds is 12. The maximum absolute atomic E-state index is 12.5. The standard InChI is InChI=1S/C28H37ClN2O2.C4H8O2/c1-6-9-21(10-8-11-27(32)22-13-15-23(29)16-14-22)18-31(5)19-26-20(3)12-17-25(24(26)7-2)28(33)30-4;1-2-6-4-3-5-1/h12-17,19,21H,3,6-11,18H2,1-2,4-5H3,(H,30,33);1-4H2/b26-19+;. The Labute approximate surface area is 239 Å². The van der Waals surface area contributed by atoms with Crippen LogP contribution < -0.4 is 15.8 Å². The highest BCUT2D eigenvalue weighted by atomic mass is 35.5. The van der Waals surface area contributed by atoms with Gasteiger partial charge >= 0.3 is 0 Å². The predicted molar refractivity (Wildman–Crippen MR) is 161 cm³/mol. The molecule has 1 aliphatic heterocycles. The minimum atomic E-state index is -0.0710. The molecule has 0 bridgehead atoms. The van der Waals surface area contributed by atoms with Gasteiger partial charge in [-0.05, 0) is 72.7 Å². The topological polar surface area (TPSA) is 67.9 Å².